The highest BCUT2D eigenvalue weighted by Gasteiger charge is 2.76. The number of benzene rings is 1. The number of nitrogens with two attached hydrogens (primary N) is 1. The third-order valence-electron chi connectivity index (χ3n) is 21.3. The van der Waals surface area contributed by atoms with E-state index in [1.54, 1.807) is 44.4 Å². The number of hydrogen-bond donors (Lipinski definition) is 11. The van der Waals surface area contributed by atoms with Gasteiger partial charge < -0.3 is 95.5 Å². The van der Waals surface area contributed by atoms with E-state index in [-0.39, 0.29) is 157 Å². The predicted octanol–water partition coefficient (Wildman–Crippen LogP) is 2.04. The van der Waals surface area contributed by atoms with Crippen molar-refractivity contribution < 1.29 is 121 Å². The third-order valence-corrected chi connectivity index (χ3v) is 22.2. The molecule has 31 nitrogen and oxygen atoms in total. The van der Waals surface area contributed by atoms with E-state index in [0.29, 0.717) is 31.2 Å². The van der Waals surface area contributed by atoms with Crippen LogP contribution in [-0.2, 0) is 87.7 Å². The number of urea groups is 1. The fourth-order valence-corrected chi connectivity index (χ4v) is 16.3. The highest BCUT2D eigenvalue weighted by atomic mass is 32.2. The molecule has 4 aliphatic carbocycles. The van der Waals surface area contributed by atoms with Gasteiger partial charge in [-0.2, -0.15) is 11.8 Å². The number of ether oxygens (including phenoxy) is 8. The van der Waals surface area contributed by atoms with E-state index in [1.807, 2.05) is 19.9 Å². The van der Waals surface area contributed by atoms with E-state index >= 15 is 0 Å². The number of fused-ring (bicyclic) bond motifs is 7. The maximum Gasteiger partial charge on any atom is 0.509 e. The van der Waals surface area contributed by atoms with Crippen LogP contribution in [0.3, 0.4) is 0 Å². The number of aliphatic hydroxyl groups is 6. The molecule has 0 spiro atoms. The molecule has 0 bridgehead atoms. The number of thioether (sulfide) groups is 1. The van der Waals surface area contributed by atoms with Crippen LogP contribution in [0.5, 0.6) is 0 Å². The van der Waals surface area contributed by atoms with Gasteiger partial charge in [0.1, 0.15) is 30.7 Å². The van der Waals surface area contributed by atoms with Crippen molar-refractivity contribution in [2.45, 2.75) is 191 Å². The average Bonchev–Trinajstić information content (AvgIpc) is 1.53. The highest BCUT2D eigenvalue weighted by Crippen LogP contribution is 2.70. The SMILES string of the molecule is CCCC1O[C@@H]2C[C@H]3[C@@H]4CCC5=CC(=O)C=C[C@]5(C)[C@H]4[C@@H](O)C[C@]3(C)[C@]2(C(=O)COC(=O)OCc2ccc(NC(=O)[C@H](CCCNC(N)=O)CC(=O)C(NC(=O)[C@@H](CCC(=O)NC[C@H](O)[C@@H](O)[C@H](O)[C@H](O)CO)CC(=O)CCOCCOCCOCCOCCN3C(=O)CC(SC)C3=O)C(C)C)cc2)O1. The van der Waals surface area contributed by atoms with Crippen LogP contribution in [0.4, 0.5) is 15.3 Å². The quantitative estimate of drug-likeness (QED) is 0.0253. The van der Waals surface area contributed by atoms with Gasteiger partial charge in [-0.3, -0.25) is 48.1 Å². The lowest BCUT2D eigenvalue weighted by Gasteiger charge is -2.59. The van der Waals surface area contributed by atoms with Crippen LogP contribution in [0.15, 0.2) is 48.1 Å². The zero-order valence-electron chi connectivity index (χ0n) is 60.9. The molecule has 0 aromatic heterocycles. The van der Waals surface area contributed by atoms with Crippen LogP contribution in [0.2, 0.25) is 0 Å². The molecule has 1 aromatic carbocycles. The number of rotatable bonds is 46. The van der Waals surface area contributed by atoms with E-state index < -0.39 is 169 Å². The van der Waals surface area contributed by atoms with Crippen LogP contribution in [0.1, 0.15) is 130 Å². The van der Waals surface area contributed by atoms with Gasteiger partial charge in [-0.15, -0.1) is 0 Å². The number of imide groups is 1. The lowest BCUT2D eigenvalue weighted by molar-refractivity contribution is -0.200. The molecule has 5 fully saturated rings. The minimum atomic E-state index is -1.97. The zero-order valence-corrected chi connectivity index (χ0v) is 61.7. The number of ketones is 4. The van der Waals surface area contributed by atoms with Gasteiger partial charge in [0.2, 0.25) is 35.3 Å². The molecule has 1 aromatic rings. The summed E-state index contributed by atoms with van der Waals surface area (Å²) in [5, 5.41) is 71.7. The van der Waals surface area contributed by atoms with Crippen LogP contribution >= 0.6 is 11.8 Å². The second-order valence-corrected chi connectivity index (χ2v) is 29.7. The number of carbonyl (C=O) groups excluding carboxylic acids is 11. The maximum atomic E-state index is 14.7. The van der Waals surface area contributed by atoms with Gasteiger partial charge in [-0.1, -0.05) is 64.8 Å². The molecule has 17 atom stereocenters. The van der Waals surface area contributed by atoms with E-state index in [9.17, 15) is 78.3 Å². The zero-order chi connectivity index (χ0) is 76.8. The molecule has 7 amide bonds. The normalized spacial score (nSPS) is 26.6. The van der Waals surface area contributed by atoms with Crippen molar-refractivity contribution in [3.05, 3.63) is 53.6 Å². The number of nitrogens with one attached hydrogen (secondary N) is 4. The molecule has 3 saturated carbocycles. The van der Waals surface area contributed by atoms with Crippen molar-refractivity contribution in [2.75, 3.05) is 97.3 Å². The Kier molecular flexibility index (Phi) is 33.0. The standard InChI is InChI=1S/C73H108N6O25S/c1-7-9-61-103-58-35-51-50-17-14-46-34-48(81)19-21-71(46,4)62(50)53(84)37-72(51,5)73(58,104-61)57(87)41-102-70(96)101-40-43-11-15-47(16-12-43)77-66(92)44(10-8-22-75-69(74)95)33-52(83)63(42(2)3)78-67(93)45(13-18-59(88)76-38-54(85)64(90)65(91)55(86)39-80)32-49(82)20-24-97-26-28-99-30-31-100-29-27-98-25-23-79-60(89)36-56(105-6)68(79)94/h11-12,15-16,19,21,34,42,44-45,50-51,53-56,58,61-65,80,84-86,90-91H,7-10,13-14,17-18,20,22-33,35-41H2,1-6H3,(H,76,88)(H,77,92)(H,78,93)(H3,74,75,95)/t44-,45+,50+,51+,53+,54+,55-,56?,58-,61?,62-,63?,64-,65-,71+,72+,73-/m1/s1. The first-order valence-corrected chi connectivity index (χ1v) is 37.6. The summed E-state index contributed by atoms with van der Waals surface area (Å²) in [5.74, 6) is -7.26. The Balaban J connectivity index is 0.902. The van der Waals surface area contributed by atoms with Crippen molar-refractivity contribution in [1.29, 1.82) is 0 Å². The van der Waals surface area contributed by atoms with Crippen LogP contribution < -0.4 is 27.0 Å². The predicted molar refractivity (Wildman–Crippen MR) is 377 cm³/mol. The van der Waals surface area contributed by atoms with Crippen molar-refractivity contribution in [3.8, 4) is 0 Å². The number of hydrogen-bond acceptors (Lipinski definition) is 26. The smallest absolute Gasteiger partial charge is 0.429 e. The number of carbonyl (C=O) groups is 11. The molecule has 2 heterocycles. The van der Waals surface area contributed by atoms with Gasteiger partial charge in [0.05, 0.1) is 95.6 Å². The molecule has 586 valence electrons. The number of allylic oxidation sites excluding steroid dienone is 4. The summed E-state index contributed by atoms with van der Waals surface area (Å²) in [6.45, 7) is 8.36. The summed E-state index contributed by atoms with van der Waals surface area (Å²) in [4.78, 5) is 147. The summed E-state index contributed by atoms with van der Waals surface area (Å²) < 4.78 is 46.3. The Labute approximate surface area is 615 Å². The second kappa shape index (κ2) is 40.5. The minimum Gasteiger partial charge on any atom is -0.429 e. The molecule has 12 N–H and O–H groups in total. The molecule has 3 unspecified atom stereocenters. The molecule has 2 aliphatic heterocycles. The number of likely N-dealkylation sites (tertiary alicyclic amines) is 1. The molecule has 105 heavy (non-hydrogen) atoms. The number of anilines is 1. The van der Waals surface area contributed by atoms with Gasteiger partial charge in [0.15, 0.2) is 30.1 Å². The lowest BCUT2D eigenvalue weighted by atomic mass is 9.46. The minimum absolute atomic E-state index is 0.0201. The molecular formula is C73H108N6O25S. The highest BCUT2D eigenvalue weighted by molar-refractivity contribution is 8.00. The molecule has 2 saturated heterocycles. The number of aliphatic hydroxyl groups excluding tert-OH is 6. The van der Waals surface area contributed by atoms with Crippen molar-refractivity contribution in [1.82, 2.24) is 20.9 Å². The number of nitrogens with zero attached hydrogens (tertiary/aromatic N) is 1. The van der Waals surface area contributed by atoms with Crippen LogP contribution in [0, 0.1) is 46.3 Å². The Morgan fingerprint density at radius 1 is 0.819 bits per heavy atom. The molecule has 0 radical (unpaired) electrons. The second-order valence-electron chi connectivity index (χ2n) is 28.7. The number of Topliss-reactive ketones (excluding diaryl/α,β-unsaturated/α-hetero) is 3. The molecule has 7 rings (SSSR count). The Bertz CT molecular complexity index is 3230. The molecule has 6 aliphatic rings. The Morgan fingerprint density at radius 3 is 2.11 bits per heavy atom. The summed E-state index contributed by atoms with van der Waals surface area (Å²) in [7, 11) is 0. The summed E-state index contributed by atoms with van der Waals surface area (Å²) in [5.41, 5.74) is 4.09. The van der Waals surface area contributed by atoms with Crippen molar-refractivity contribution >= 4 is 82.3 Å². The average molecular weight is 1500 g/mol. The summed E-state index contributed by atoms with van der Waals surface area (Å²) in [6, 6.07) is 4.18. The van der Waals surface area contributed by atoms with Crippen LogP contribution in [-0.4, -0.2) is 252 Å². The molecular weight excluding hydrogens is 1390 g/mol. The summed E-state index contributed by atoms with van der Waals surface area (Å²) >= 11 is 1.34. The number of amides is 7. The fraction of sp³-hybridized carbons (Fsp3) is 0.712. The fourth-order valence-electron chi connectivity index (χ4n) is 15.7. The maximum absolute atomic E-state index is 14.7. The van der Waals surface area contributed by atoms with Gasteiger partial charge in [-0.25, -0.2) is 9.59 Å². The van der Waals surface area contributed by atoms with E-state index in [2.05, 4.69) is 28.2 Å². The topological polar surface area (TPSA) is 460 Å². The van der Waals surface area contributed by atoms with Gasteiger partial charge in [0, 0.05) is 79.5 Å². The Morgan fingerprint density at radius 2 is 1.48 bits per heavy atom. The van der Waals surface area contributed by atoms with Gasteiger partial charge >= 0.3 is 12.2 Å². The number of primary amides is 1. The van der Waals surface area contributed by atoms with Crippen molar-refractivity contribution in [3.63, 3.8) is 0 Å². The van der Waals surface area contributed by atoms with Crippen LogP contribution in [0.25, 0.3) is 0 Å². The van der Waals surface area contributed by atoms with Gasteiger partial charge in [-0.05, 0) is 105 Å². The van der Waals surface area contributed by atoms with Gasteiger partial charge in [0.25, 0.3) is 0 Å². The molecule has 32 heteroatoms. The first kappa shape index (κ1) is 85.6. The van der Waals surface area contributed by atoms with E-state index in [0.717, 1.165) is 12.0 Å². The Hall–Kier alpha value is -6.66. The van der Waals surface area contributed by atoms with E-state index in [1.165, 1.54) is 28.8 Å². The van der Waals surface area contributed by atoms with Crippen molar-refractivity contribution in [2.24, 2.45) is 52.1 Å². The van der Waals surface area contributed by atoms with E-state index in [4.69, 9.17) is 48.7 Å². The third kappa shape index (κ3) is 22.5. The lowest BCUT2D eigenvalue weighted by Crippen LogP contribution is -2.63. The largest absolute Gasteiger partial charge is 0.509 e. The first-order chi connectivity index (χ1) is 50.0. The monoisotopic (exact) mass is 1500 g/mol. The summed E-state index contributed by atoms with van der Waals surface area (Å²) in [6.07, 6.45) is -1.72. The first-order valence-electron chi connectivity index (χ1n) is 36.4.